The molecule has 0 aromatic heterocycles. The van der Waals surface area contributed by atoms with Crippen LogP contribution in [0.15, 0.2) is 36.4 Å². The number of carbonyl (C=O) groups excluding carboxylic acids is 2. The molecule has 2 amide bonds. The number of hydrogen-bond acceptors (Lipinski definition) is 6. The van der Waals surface area contributed by atoms with Gasteiger partial charge in [0.05, 0.1) is 40.7 Å². The second-order valence-electron chi connectivity index (χ2n) is 8.17. The van der Waals surface area contributed by atoms with Crippen LogP contribution >= 0.6 is 0 Å². The van der Waals surface area contributed by atoms with Crippen molar-refractivity contribution in [3.8, 4) is 11.5 Å². The third-order valence-corrected chi connectivity index (χ3v) is 6.20. The molecule has 3 fully saturated rings. The molecule has 30 heavy (non-hydrogen) atoms. The van der Waals surface area contributed by atoms with E-state index in [-0.39, 0.29) is 41.1 Å². The first-order chi connectivity index (χ1) is 14.3. The Morgan fingerprint density at radius 2 is 1.70 bits per heavy atom. The van der Waals surface area contributed by atoms with Gasteiger partial charge >= 0.3 is 0 Å². The predicted octanol–water partition coefficient (Wildman–Crippen LogP) is 3.67. The number of ether oxygens (including phenoxy) is 2. The Morgan fingerprint density at radius 1 is 1.03 bits per heavy atom. The van der Waals surface area contributed by atoms with Crippen molar-refractivity contribution < 1.29 is 24.0 Å². The summed E-state index contributed by atoms with van der Waals surface area (Å²) in [5.74, 6) is -0.947. The third kappa shape index (κ3) is 2.79. The molecule has 0 aliphatic carbocycles. The van der Waals surface area contributed by atoms with Crippen LogP contribution in [-0.2, 0) is 14.3 Å². The maximum absolute atomic E-state index is 13.1. The van der Waals surface area contributed by atoms with Crippen LogP contribution in [0.5, 0.6) is 11.5 Å². The number of carbonyl (C=O) groups is 2. The number of fused-ring (bicyclic) bond motifs is 5. The Labute approximate surface area is 172 Å². The summed E-state index contributed by atoms with van der Waals surface area (Å²) in [4.78, 5) is 38.1. The first kappa shape index (κ1) is 18.7. The molecule has 8 nitrogen and oxygen atoms in total. The lowest BCUT2D eigenvalue weighted by molar-refractivity contribution is -0.384. The number of rotatable bonds is 4. The van der Waals surface area contributed by atoms with Crippen LogP contribution in [-0.4, -0.2) is 28.9 Å². The highest BCUT2D eigenvalue weighted by Gasteiger charge is 2.62. The smallest absolute Gasteiger partial charge is 0.275 e. The highest BCUT2D eigenvalue weighted by molar-refractivity contribution is 6.23. The number of imide groups is 1. The Hall–Kier alpha value is -3.26. The topological polar surface area (TPSA) is 99.0 Å². The SMILES string of the molecule is Cc1ccc(C)c(Oc2cc(N3C(=O)[C@@H]4[C@H](C3=O)[C@H]3CC[C@@H]4O3)cc([N+](=O)[O-])c2)c1. The van der Waals surface area contributed by atoms with Gasteiger partial charge in [-0.05, 0) is 43.9 Å². The lowest BCUT2D eigenvalue weighted by atomic mass is 9.81. The van der Waals surface area contributed by atoms with Crippen molar-refractivity contribution >= 4 is 23.2 Å². The number of nitro groups is 1. The molecule has 0 radical (unpaired) electrons. The van der Waals surface area contributed by atoms with E-state index in [2.05, 4.69) is 0 Å². The summed E-state index contributed by atoms with van der Waals surface area (Å²) in [7, 11) is 0. The van der Waals surface area contributed by atoms with Crippen molar-refractivity contribution in [3.05, 3.63) is 57.6 Å². The van der Waals surface area contributed by atoms with Gasteiger partial charge in [-0.3, -0.25) is 19.7 Å². The summed E-state index contributed by atoms with van der Waals surface area (Å²) in [5.41, 5.74) is 1.76. The molecule has 0 N–H and O–H groups in total. The molecule has 0 spiro atoms. The summed E-state index contributed by atoms with van der Waals surface area (Å²) in [5, 5.41) is 11.5. The van der Waals surface area contributed by atoms with Crippen molar-refractivity contribution in [3.63, 3.8) is 0 Å². The first-order valence-electron chi connectivity index (χ1n) is 9.91. The zero-order chi connectivity index (χ0) is 21.2. The molecule has 3 saturated heterocycles. The van der Waals surface area contributed by atoms with Crippen molar-refractivity contribution in [1.82, 2.24) is 0 Å². The van der Waals surface area contributed by atoms with Crippen LogP contribution in [0.2, 0.25) is 0 Å². The molecule has 5 rings (SSSR count). The van der Waals surface area contributed by atoms with Gasteiger partial charge in [-0.15, -0.1) is 0 Å². The van der Waals surface area contributed by atoms with Gasteiger partial charge < -0.3 is 9.47 Å². The van der Waals surface area contributed by atoms with Gasteiger partial charge in [0.2, 0.25) is 11.8 Å². The molecule has 3 aliphatic rings. The summed E-state index contributed by atoms with van der Waals surface area (Å²) in [6.45, 7) is 3.79. The fourth-order valence-electron chi connectivity index (χ4n) is 4.77. The maximum Gasteiger partial charge on any atom is 0.275 e. The van der Waals surface area contributed by atoms with Crippen molar-refractivity contribution in [2.75, 3.05) is 4.90 Å². The van der Waals surface area contributed by atoms with E-state index in [1.807, 2.05) is 32.0 Å². The minimum atomic E-state index is -0.557. The first-order valence-corrected chi connectivity index (χ1v) is 9.91. The van der Waals surface area contributed by atoms with Crippen molar-refractivity contribution in [2.45, 2.75) is 38.9 Å². The third-order valence-electron chi connectivity index (χ3n) is 6.20. The molecule has 4 atom stereocenters. The Kier molecular flexibility index (Phi) is 4.14. The highest BCUT2D eigenvalue weighted by Crippen LogP contribution is 2.50. The van der Waals surface area contributed by atoms with Crippen LogP contribution in [0, 0.1) is 35.8 Å². The number of nitro benzene ring substituents is 1. The largest absolute Gasteiger partial charge is 0.457 e. The second kappa shape index (κ2) is 6.63. The number of benzene rings is 2. The molecular formula is C22H20N2O6. The predicted molar refractivity (Wildman–Crippen MR) is 106 cm³/mol. The quantitative estimate of drug-likeness (QED) is 0.435. The molecule has 2 bridgehead atoms. The summed E-state index contributed by atoms with van der Waals surface area (Å²) in [6, 6.07) is 9.72. The van der Waals surface area contributed by atoms with Crippen LogP contribution in [0.25, 0.3) is 0 Å². The van der Waals surface area contributed by atoms with Crippen LogP contribution < -0.4 is 9.64 Å². The van der Waals surface area contributed by atoms with Gasteiger partial charge in [0.15, 0.2) is 0 Å². The Bertz CT molecular complexity index is 1070. The fourth-order valence-corrected chi connectivity index (χ4v) is 4.77. The van der Waals surface area contributed by atoms with E-state index in [0.717, 1.165) is 28.9 Å². The molecule has 2 aromatic rings. The van der Waals surface area contributed by atoms with E-state index in [1.165, 1.54) is 18.2 Å². The number of non-ortho nitro benzene ring substituents is 1. The number of nitrogens with zero attached hydrogens (tertiary/aromatic N) is 2. The lowest BCUT2D eigenvalue weighted by Gasteiger charge is -2.18. The summed E-state index contributed by atoms with van der Waals surface area (Å²) in [6.07, 6.45) is 1.03. The van der Waals surface area contributed by atoms with Crippen molar-refractivity contribution in [2.24, 2.45) is 11.8 Å². The number of amides is 2. The Balaban J connectivity index is 1.54. The average molecular weight is 408 g/mol. The molecule has 0 unspecified atom stereocenters. The summed E-state index contributed by atoms with van der Waals surface area (Å²) < 4.78 is 11.7. The normalized spacial score (nSPS) is 26.9. The van der Waals surface area contributed by atoms with Gasteiger partial charge in [0, 0.05) is 12.1 Å². The second-order valence-corrected chi connectivity index (χ2v) is 8.17. The molecule has 3 heterocycles. The molecule has 2 aromatic carbocycles. The monoisotopic (exact) mass is 408 g/mol. The number of hydrogen-bond donors (Lipinski definition) is 0. The summed E-state index contributed by atoms with van der Waals surface area (Å²) >= 11 is 0. The maximum atomic E-state index is 13.1. The fraction of sp³-hybridized carbons (Fsp3) is 0.364. The zero-order valence-electron chi connectivity index (χ0n) is 16.5. The van der Waals surface area contributed by atoms with Gasteiger partial charge in [-0.25, -0.2) is 4.90 Å². The minimum absolute atomic E-state index is 0.160. The molecule has 3 aliphatic heterocycles. The van der Waals surface area contributed by atoms with Crippen molar-refractivity contribution in [1.29, 1.82) is 0 Å². The van der Waals surface area contributed by atoms with Crippen LogP contribution in [0.1, 0.15) is 24.0 Å². The highest BCUT2D eigenvalue weighted by atomic mass is 16.6. The van der Waals surface area contributed by atoms with Gasteiger partial charge in [0.25, 0.3) is 5.69 Å². The number of anilines is 1. The van der Waals surface area contributed by atoms with E-state index in [9.17, 15) is 19.7 Å². The van der Waals surface area contributed by atoms with Gasteiger partial charge in [0.1, 0.15) is 11.5 Å². The molecule has 154 valence electrons. The van der Waals surface area contributed by atoms with E-state index >= 15 is 0 Å². The minimum Gasteiger partial charge on any atom is -0.457 e. The number of aryl methyl sites for hydroxylation is 2. The lowest BCUT2D eigenvalue weighted by Crippen LogP contribution is -2.34. The van der Waals surface area contributed by atoms with E-state index in [1.54, 1.807) is 0 Å². The molecular weight excluding hydrogens is 388 g/mol. The average Bonchev–Trinajstić information content (AvgIpc) is 3.38. The standard InChI is InChI=1S/C22H20N2O6/c1-11-3-4-12(2)18(7-11)29-15-9-13(8-14(10-15)24(27)28)23-21(25)19-16-5-6-17(30-16)20(19)22(23)26/h3-4,7-10,16-17,19-20H,5-6H2,1-2H3/t16-,17+,19-,20+. The van der Waals surface area contributed by atoms with Crippen LogP contribution in [0.3, 0.4) is 0 Å². The zero-order valence-corrected chi connectivity index (χ0v) is 16.5. The van der Waals surface area contributed by atoms with Gasteiger partial charge in [-0.1, -0.05) is 12.1 Å². The van der Waals surface area contributed by atoms with Crippen LogP contribution in [0.4, 0.5) is 11.4 Å². The van der Waals surface area contributed by atoms with E-state index < -0.39 is 16.8 Å². The van der Waals surface area contributed by atoms with E-state index in [0.29, 0.717) is 5.75 Å². The van der Waals surface area contributed by atoms with Gasteiger partial charge in [-0.2, -0.15) is 0 Å². The molecule has 0 saturated carbocycles. The Morgan fingerprint density at radius 3 is 2.33 bits per heavy atom. The van der Waals surface area contributed by atoms with E-state index in [4.69, 9.17) is 9.47 Å². The molecule has 8 heteroatoms.